The van der Waals surface area contributed by atoms with Gasteiger partial charge in [0.15, 0.2) is 11.3 Å². The molecular formula is C20H20Cl3N5OS. The van der Waals surface area contributed by atoms with Gasteiger partial charge in [0.25, 0.3) is 0 Å². The van der Waals surface area contributed by atoms with E-state index < -0.39 is 15.9 Å². The predicted molar refractivity (Wildman–Crippen MR) is 128 cm³/mol. The summed E-state index contributed by atoms with van der Waals surface area (Å²) in [6.45, 7) is 1.19. The second-order valence-corrected chi connectivity index (χ2v) is 9.35. The summed E-state index contributed by atoms with van der Waals surface area (Å²) >= 11 is 24.3. The van der Waals surface area contributed by atoms with Crippen LogP contribution in [0.1, 0.15) is 12.0 Å². The number of hydrogen-bond donors (Lipinski definition) is 2. The molecule has 1 aliphatic rings. The van der Waals surface area contributed by atoms with Crippen molar-refractivity contribution in [3.05, 3.63) is 60.4 Å². The fourth-order valence-corrected chi connectivity index (χ4v) is 4.01. The first-order valence-corrected chi connectivity index (χ1v) is 10.7. The molecule has 1 amide bonds. The second-order valence-electron chi connectivity index (χ2n) is 6.61. The monoisotopic (exact) mass is 483 g/mol. The first-order chi connectivity index (χ1) is 14.3. The van der Waals surface area contributed by atoms with Crippen LogP contribution in [0.2, 0.25) is 0 Å². The lowest BCUT2D eigenvalue weighted by Crippen LogP contribution is -2.62. The highest BCUT2D eigenvalue weighted by atomic mass is 35.6. The summed E-state index contributed by atoms with van der Waals surface area (Å²) in [6.07, 6.45) is 6.06. The van der Waals surface area contributed by atoms with Gasteiger partial charge in [0.2, 0.25) is 9.70 Å². The average Bonchev–Trinajstić information content (AvgIpc) is 2.72. The van der Waals surface area contributed by atoms with E-state index in [0.29, 0.717) is 23.9 Å². The van der Waals surface area contributed by atoms with E-state index in [-0.39, 0.29) is 0 Å². The molecule has 1 atom stereocenters. The molecule has 0 saturated carbocycles. The zero-order valence-corrected chi connectivity index (χ0v) is 18.9. The molecule has 30 heavy (non-hydrogen) atoms. The summed E-state index contributed by atoms with van der Waals surface area (Å²) in [4.78, 5) is 20.1. The van der Waals surface area contributed by atoms with Crippen LogP contribution in [0, 0.1) is 0 Å². The third kappa shape index (κ3) is 5.55. The molecule has 10 heteroatoms. The number of amides is 1. The van der Waals surface area contributed by atoms with Gasteiger partial charge in [0.05, 0.1) is 11.4 Å². The number of aromatic nitrogens is 1. The number of pyridine rings is 1. The number of nitrogen functional groups attached to an aromatic ring is 1. The summed E-state index contributed by atoms with van der Waals surface area (Å²) in [5, 5.41) is 3.18. The van der Waals surface area contributed by atoms with Crippen LogP contribution in [0.25, 0.3) is 6.08 Å². The molecule has 1 saturated heterocycles. The van der Waals surface area contributed by atoms with Crippen molar-refractivity contribution in [2.45, 2.75) is 16.4 Å². The number of carbonyl (C=O) groups is 1. The lowest BCUT2D eigenvalue weighted by Gasteiger charge is -2.44. The molecule has 1 aliphatic heterocycles. The van der Waals surface area contributed by atoms with Crippen molar-refractivity contribution in [1.82, 2.24) is 15.2 Å². The van der Waals surface area contributed by atoms with Gasteiger partial charge in [0.1, 0.15) is 0 Å². The number of nitrogens with one attached hydrogen (secondary N) is 1. The Morgan fingerprint density at radius 2 is 2.00 bits per heavy atom. The molecule has 1 aromatic heterocycles. The molecule has 3 N–H and O–H groups in total. The highest BCUT2D eigenvalue weighted by Gasteiger charge is 2.42. The second kappa shape index (κ2) is 9.83. The van der Waals surface area contributed by atoms with Crippen LogP contribution in [-0.4, -0.2) is 44.0 Å². The number of alkyl halides is 3. The minimum Gasteiger partial charge on any atom is -0.397 e. The van der Waals surface area contributed by atoms with Gasteiger partial charge < -0.3 is 20.9 Å². The Kier molecular flexibility index (Phi) is 7.41. The molecule has 0 bridgehead atoms. The Hall–Kier alpha value is -2.06. The fraction of sp³-hybridized carbons (Fsp3) is 0.250. The predicted octanol–water partition coefficient (Wildman–Crippen LogP) is 3.99. The summed E-state index contributed by atoms with van der Waals surface area (Å²) in [5.74, 6) is -0.422. The Labute approximate surface area is 195 Å². The molecule has 1 unspecified atom stereocenters. The van der Waals surface area contributed by atoms with Crippen LogP contribution in [0.15, 0.2) is 54.9 Å². The number of hydrogen-bond acceptors (Lipinski definition) is 4. The van der Waals surface area contributed by atoms with E-state index in [2.05, 4.69) is 10.3 Å². The fourth-order valence-electron chi connectivity index (χ4n) is 3.11. The normalized spacial score (nSPS) is 16.0. The molecule has 1 aromatic carbocycles. The molecule has 2 heterocycles. The van der Waals surface area contributed by atoms with Gasteiger partial charge in [-0.25, -0.2) is 0 Å². The molecule has 1 fully saturated rings. The lowest BCUT2D eigenvalue weighted by atomic mass is 10.2. The minimum atomic E-state index is -1.81. The number of nitrogens with two attached hydrogens (primary N) is 1. The van der Waals surface area contributed by atoms with Gasteiger partial charge in [-0.05, 0) is 48.5 Å². The largest absolute Gasteiger partial charge is 0.397 e. The van der Waals surface area contributed by atoms with Gasteiger partial charge in [-0.15, -0.1) is 0 Å². The van der Waals surface area contributed by atoms with Crippen molar-refractivity contribution in [3.63, 3.8) is 0 Å². The van der Waals surface area contributed by atoms with E-state index in [1.54, 1.807) is 35.5 Å². The van der Waals surface area contributed by atoms with Crippen molar-refractivity contribution in [2.75, 3.05) is 23.7 Å². The van der Waals surface area contributed by atoms with E-state index in [1.807, 2.05) is 29.2 Å². The maximum absolute atomic E-state index is 12.5. The average molecular weight is 485 g/mol. The van der Waals surface area contributed by atoms with Crippen LogP contribution in [-0.2, 0) is 4.79 Å². The van der Waals surface area contributed by atoms with Gasteiger partial charge in [-0.2, -0.15) is 0 Å². The van der Waals surface area contributed by atoms with E-state index in [9.17, 15) is 4.79 Å². The standard InChI is InChI=1S/C20H20Cl3N5OS/c21-20(22,23)18(26-17(29)9-8-14-5-3-10-25-13-14)28-12-4-11-27(19(28)30)16-7-2-1-6-15(16)24/h1-3,5-10,13,18H,4,11-12,24H2,(H,26,29)/b9-8+. The Morgan fingerprint density at radius 3 is 2.67 bits per heavy atom. The number of rotatable bonds is 5. The number of para-hydroxylation sites is 2. The third-order valence-corrected chi connectivity index (χ3v) is 5.57. The minimum absolute atomic E-state index is 0.422. The van der Waals surface area contributed by atoms with Crippen LogP contribution in [0.4, 0.5) is 11.4 Å². The molecule has 2 aromatic rings. The van der Waals surface area contributed by atoms with E-state index in [0.717, 1.165) is 17.7 Å². The Balaban J connectivity index is 1.79. The van der Waals surface area contributed by atoms with Gasteiger partial charge in [0, 0.05) is 31.6 Å². The Bertz CT molecular complexity index is 936. The summed E-state index contributed by atoms with van der Waals surface area (Å²) in [6, 6.07) is 11.0. The smallest absolute Gasteiger partial charge is 0.245 e. The number of carbonyl (C=O) groups excluding carboxylic acids is 1. The number of halogens is 3. The molecule has 0 radical (unpaired) electrons. The first kappa shape index (κ1) is 22.6. The number of anilines is 2. The zero-order valence-electron chi connectivity index (χ0n) is 15.8. The highest BCUT2D eigenvalue weighted by Crippen LogP contribution is 2.35. The Morgan fingerprint density at radius 1 is 1.23 bits per heavy atom. The van der Waals surface area contributed by atoms with Gasteiger partial charge in [-0.3, -0.25) is 9.78 Å². The topological polar surface area (TPSA) is 74.5 Å². The van der Waals surface area contributed by atoms with Crippen molar-refractivity contribution < 1.29 is 4.79 Å². The third-order valence-electron chi connectivity index (χ3n) is 4.50. The van der Waals surface area contributed by atoms with Gasteiger partial charge in [-0.1, -0.05) is 53.0 Å². The molecule has 0 spiro atoms. The van der Waals surface area contributed by atoms with Gasteiger partial charge >= 0.3 is 0 Å². The maximum Gasteiger partial charge on any atom is 0.245 e. The molecule has 158 valence electrons. The highest BCUT2D eigenvalue weighted by molar-refractivity contribution is 7.80. The number of nitrogens with zero attached hydrogens (tertiary/aromatic N) is 3. The summed E-state index contributed by atoms with van der Waals surface area (Å²) in [5.41, 5.74) is 8.26. The van der Waals surface area contributed by atoms with Crippen LogP contribution in [0.5, 0.6) is 0 Å². The lowest BCUT2D eigenvalue weighted by molar-refractivity contribution is -0.117. The van der Waals surface area contributed by atoms with Crippen molar-refractivity contribution >= 4 is 75.5 Å². The maximum atomic E-state index is 12.5. The molecule has 0 aliphatic carbocycles. The molecule has 3 rings (SSSR count). The number of benzene rings is 1. The molecular weight excluding hydrogens is 465 g/mol. The molecule has 6 nitrogen and oxygen atoms in total. The van der Waals surface area contributed by atoms with Crippen LogP contribution >= 0.6 is 47.0 Å². The zero-order chi connectivity index (χ0) is 21.7. The summed E-state index contributed by atoms with van der Waals surface area (Å²) in [7, 11) is 0. The van der Waals surface area contributed by atoms with Crippen molar-refractivity contribution in [2.24, 2.45) is 0 Å². The van der Waals surface area contributed by atoms with Crippen LogP contribution < -0.4 is 16.0 Å². The van der Waals surface area contributed by atoms with E-state index >= 15 is 0 Å². The first-order valence-electron chi connectivity index (χ1n) is 9.15. The summed E-state index contributed by atoms with van der Waals surface area (Å²) < 4.78 is -1.81. The quantitative estimate of drug-likeness (QED) is 0.289. The number of thiocarbonyl (C=S) groups is 1. The van der Waals surface area contributed by atoms with Crippen LogP contribution in [0.3, 0.4) is 0 Å². The van der Waals surface area contributed by atoms with Crippen molar-refractivity contribution in [1.29, 1.82) is 0 Å². The van der Waals surface area contributed by atoms with E-state index in [1.165, 1.54) is 6.08 Å². The van der Waals surface area contributed by atoms with E-state index in [4.69, 9.17) is 52.8 Å². The van der Waals surface area contributed by atoms with Crippen molar-refractivity contribution in [3.8, 4) is 0 Å². The SMILES string of the molecule is Nc1ccccc1N1CCCN(C(NC(=O)/C=C/c2cccnc2)C(Cl)(Cl)Cl)C1=S.